The van der Waals surface area contributed by atoms with Crippen LogP contribution in [0.25, 0.3) is 0 Å². The van der Waals surface area contributed by atoms with Gasteiger partial charge in [0.15, 0.2) is 0 Å². The van der Waals surface area contributed by atoms with E-state index in [2.05, 4.69) is 10.5 Å². The van der Waals surface area contributed by atoms with Gasteiger partial charge in [0, 0.05) is 42.2 Å². The maximum absolute atomic E-state index is 14.4. The average Bonchev–Trinajstić information content (AvgIpc) is 2.68. The molecule has 0 amide bonds. The van der Waals surface area contributed by atoms with E-state index in [-0.39, 0.29) is 11.3 Å². The lowest BCUT2D eigenvalue weighted by Crippen LogP contribution is -2.27. The Morgan fingerprint density at radius 1 is 1.07 bits per heavy atom. The number of nitrogens with one attached hydrogen (secondary N) is 1. The fourth-order valence-corrected chi connectivity index (χ4v) is 2.85. The van der Waals surface area contributed by atoms with Gasteiger partial charge in [-0.2, -0.15) is 5.10 Å². The van der Waals surface area contributed by atoms with Crippen molar-refractivity contribution in [2.45, 2.75) is 0 Å². The highest BCUT2D eigenvalue weighted by Crippen LogP contribution is 2.29. The van der Waals surface area contributed by atoms with Gasteiger partial charge in [0.2, 0.25) is 0 Å². The summed E-state index contributed by atoms with van der Waals surface area (Å²) in [6, 6.07) is 7.56. The van der Waals surface area contributed by atoms with Gasteiger partial charge >= 0.3 is 5.69 Å². The number of anilines is 2. The number of benzene rings is 2. The monoisotopic (exact) mass is 443 g/mol. The molecule has 29 heavy (non-hydrogen) atoms. The SMILES string of the molecule is O=[N+]([O-])c1ccc(N/N=C/c2ccc(N(CCCl)CCCl)cc2F)c([N+](=O)[O-])c1. The Kier molecular flexibility index (Phi) is 8.10. The molecule has 0 aliphatic rings. The molecule has 0 aromatic heterocycles. The number of nitro groups is 2. The quantitative estimate of drug-likeness (QED) is 0.252. The van der Waals surface area contributed by atoms with Crippen LogP contribution in [0.5, 0.6) is 0 Å². The van der Waals surface area contributed by atoms with Crippen LogP contribution in [0.1, 0.15) is 5.56 Å². The van der Waals surface area contributed by atoms with Crippen molar-refractivity contribution in [3.8, 4) is 0 Å². The number of nitro benzene ring substituents is 2. The second-order valence-electron chi connectivity index (χ2n) is 5.66. The zero-order valence-electron chi connectivity index (χ0n) is 14.9. The third kappa shape index (κ3) is 6.00. The Morgan fingerprint density at radius 2 is 1.76 bits per heavy atom. The molecule has 0 heterocycles. The molecule has 0 spiro atoms. The number of non-ortho nitro benzene ring substituents is 1. The number of hydrogen-bond acceptors (Lipinski definition) is 7. The van der Waals surface area contributed by atoms with Gasteiger partial charge in [-0.3, -0.25) is 25.7 Å². The summed E-state index contributed by atoms with van der Waals surface area (Å²) >= 11 is 11.5. The lowest BCUT2D eigenvalue weighted by Gasteiger charge is -2.23. The van der Waals surface area contributed by atoms with Crippen molar-refractivity contribution in [3.05, 3.63) is 68.0 Å². The number of hydrogen-bond donors (Lipinski definition) is 1. The van der Waals surface area contributed by atoms with Gasteiger partial charge < -0.3 is 4.90 Å². The highest BCUT2D eigenvalue weighted by atomic mass is 35.5. The molecule has 0 atom stereocenters. The van der Waals surface area contributed by atoms with E-state index in [1.54, 1.807) is 6.07 Å². The minimum absolute atomic E-state index is 0.0655. The van der Waals surface area contributed by atoms with Gasteiger partial charge in [0.1, 0.15) is 11.5 Å². The van der Waals surface area contributed by atoms with Crippen LogP contribution in [-0.2, 0) is 0 Å². The highest BCUT2D eigenvalue weighted by Gasteiger charge is 2.19. The van der Waals surface area contributed by atoms with Crippen LogP contribution in [-0.4, -0.2) is 40.9 Å². The zero-order valence-corrected chi connectivity index (χ0v) is 16.4. The molecule has 154 valence electrons. The van der Waals surface area contributed by atoms with Crippen molar-refractivity contribution in [1.29, 1.82) is 0 Å². The molecule has 0 fully saturated rings. The summed E-state index contributed by atoms with van der Waals surface area (Å²) in [6.45, 7) is 1.01. The van der Waals surface area contributed by atoms with Crippen LogP contribution in [0.15, 0.2) is 41.5 Å². The fourth-order valence-electron chi connectivity index (χ4n) is 2.44. The Balaban J connectivity index is 2.18. The van der Waals surface area contributed by atoms with Crippen LogP contribution in [0.4, 0.5) is 27.1 Å². The number of hydrazone groups is 1. The maximum atomic E-state index is 14.4. The van der Waals surface area contributed by atoms with Crippen LogP contribution >= 0.6 is 23.2 Å². The van der Waals surface area contributed by atoms with E-state index in [9.17, 15) is 24.6 Å². The van der Waals surface area contributed by atoms with Crippen molar-refractivity contribution in [2.24, 2.45) is 5.10 Å². The summed E-state index contributed by atoms with van der Waals surface area (Å²) in [4.78, 5) is 22.2. The topological polar surface area (TPSA) is 114 Å². The number of nitrogens with zero attached hydrogens (tertiary/aromatic N) is 4. The standard InChI is InChI=1S/C17H16Cl2FN5O4/c18-5-7-23(8-6-19)13-2-1-12(15(20)9-13)11-21-22-16-4-3-14(24(26)27)10-17(16)25(28)29/h1-4,9-11,22H,5-8H2/b21-11+. The van der Waals surface area contributed by atoms with E-state index in [0.717, 1.165) is 24.4 Å². The molecule has 0 saturated carbocycles. The van der Waals surface area contributed by atoms with Gasteiger partial charge in [-0.15, -0.1) is 23.2 Å². The Morgan fingerprint density at radius 3 is 2.31 bits per heavy atom. The van der Waals surface area contributed by atoms with Crippen molar-refractivity contribution in [3.63, 3.8) is 0 Å². The highest BCUT2D eigenvalue weighted by molar-refractivity contribution is 6.18. The lowest BCUT2D eigenvalue weighted by atomic mass is 10.2. The van der Waals surface area contributed by atoms with Crippen molar-refractivity contribution >= 4 is 52.2 Å². The summed E-state index contributed by atoms with van der Waals surface area (Å²) in [5.74, 6) is 0.166. The zero-order chi connectivity index (χ0) is 21.4. The summed E-state index contributed by atoms with van der Waals surface area (Å²) in [5, 5.41) is 25.6. The minimum Gasteiger partial charge on any atom is -0.369 e. The number of rotatable bonds is 10. The Labute approximate surface area is 175 Å². The predicted octanol–water partition coefficient (Wildman–Crippen LogP) is 4.37. The summed E-state index contributed by atoms with van der Waals surface area (Å²) in [5.41, 5.74) is 2.15. The molecular weight excluding hydrogens is 428 g/mol. The van der Waals surface area contributed by atoms with Gasteiger partial charge in [0.05, 0.1) is 22.1 Å². The first kappa shape index (κ1) is 22.3. The molecule has 12 heteroatoms. The van der Waals surface area contributed by atoms with E-state index >= 15 is 0 Å². The van der Waals surface area contributed by atoms with E-state index < -0.39 is 27.0 Å². The molecule has 0 aliphatic heterocycles. The predicted molar refractivity (Wildman–Crippen MR) is 111 cm³/mol. The molecule has 0 bridgehead atoms. The maximum Gasteiger partial charge on any atom is 0.301 e. The molecule has 2 rings (SSSR count). The molecule has 0 saturated heterocycles. The van der Waals surface area contributed by atoms with Gasteiger partial charge in [-0.05, 0) is 24.3 Å². The van der Waals surface area contributed by atoms with Crippen molar-refractivity contribution in [2.75, 3.05) is 35.2 Å². The average molecular weight is 444 g/mol. The van der Waals surface area contributed by atoms with E-state index in [0.29, 0.717) is 30.5 Å². The molecule has 0 aliphatic carbocycles. The van der Waals surface area contributed by atoms with Crippen LogP contribution in [0.2, 0.25) is 0 Å². The summed E-state index contributed by atoms with van der Waals surface area (Å²) in [6.07, 6.45) is 1.15. The third-order valence-electron chi connectivity index (χ3n) is 3.84. The third-order valence-corrected chi connectivity index (χ3v) is 4.17. The van der Waals surface area contributed by atoms with Crippen molar-refractivity contribution < 1.29 is 14.2 Å². The lowest BCUT2D eigenvalue weighted by molar-refractivity contribution is -0.393. The summed E-state index contributed by atoms with van der Waals surface area (Å²) < 4.78 is 14.4. The van der Waals surface area contributed by atoms with Gasteiger partial charge in [-0.1, -0.05) is 0 Å². The molecule has 0 unspecified atom stereocenters. The first-order chi connectivity index (χ1) is 13.9. The second kappa shape index (κ2) is 10.5. The normalized spacial score (nSPS) is 10.9. The van der Waals surface area contributed by atoms with Crippen LogP contribution in [0, 0.1) is 26.0 Å². The number of alkyl halides is 2. The first-order valence-electron chi connectivity index (χ1n) is 8.25. The van der Waals surface area contributed by atoms with E-state index in [1.807, 2.05) is 4.90 Å². The molecular formula is C17H16Cl2FN5O4. The molecule has 0 radical (unpaired) electrons. The largest absolute Gasteiger partial charge is 0.369 e. The second-order valence-corrected chi connectivity index (χ2v) is 6.41. The van der Waals surface area contributed by atoms with E-state index in [1.165, 1.54) is 12.1 Å². The van der Waals surface area contributed by atoms with Gasteiger partial charge in [0.25, 0.3) is 5.69 Å². The fraction of sp³-hybridized carbons (Fsp3) is 0.235. The van der Waals surface area contributed by atoms with Crippen LogP contribution < -0.4 is 10.3 Å². The first-order valence-corrected chi connectivity index (χ1v) is 9.32. The van der Waals surface area contributed by atoms with Crippen LogP contribution in [0.3, 0.4) is 0 Å². The molecule has 1 N–H and O–H groups in total. The van der Waals surface area contributed by atoms with Gasteiger partial charge in [-0.25, -0.2) is 4.39 Å². The smallest absolute Gasteiger partial charge is 0.301 e. The Bertz CT molecular complexity index is 923. The molecule has 9 nitrogen and oxygen atoms in total. The van der Waals surface area contributed by atoms with E-state index in [4.69, 9.17) is 23.2 Å². The molecule has 2 aromatic carbocycles. The van der Waals surface area contributed by atoms with Crippen molar-refractivity contribution in [1.82, 2.24) is 0 Å². The Hall–Kier alpha value is -2.98. The minimum atomic E-state index is -0.775. The molecule has 2 aromatic rings. The number of halogens is 3. The summed E-state index contributed by atoms with van der Waals surface area (Å²) in [7, 11) is 0.